The van der Waals surface area contributed by atoms with Gasteiger partial charge in [-0.1, -0.05) is 0 Å². The van der Waals surface area contributed by atoms with Crippen molar-refractivity contribution in [1.82, 2.24) is 4.57 Å². The van der Waals surface area contributed by atoms with Gasteiger partial charge in [-0.05, 0) is 31.2 Å². The van der Waals surface area contributed by atoms with E-state index in [-0.39, 0.29) is 16.8 Å². The molecule has 0 aliphatic rings. The van der Waals surface area contributed by atoms with E-state index in [1.54, 1.807) is 0 Å². The van der Waals surface area contributed by atoms with Crippen molar-refractivity contribution in [2.45, 2.75) is 13.5 Å². The lowest BCUT2D eigenvalue weighted by Gasteiger charge is -2.08. The van der Waals surface area contributed by atoms with Crippen molar-refractivity contribution in [2.75, 3.05) is 5.32 Å². The van der Waals surface area contributed by atoms with Crippen LogP contribution in [-0.4, -0.2) is 26.5 Å². The minimum Gasteiger partial charge on any atom is -0.478 e. The van der Waals surface area contributed by atoms with Crippen molar-refractivity contribution in [3.05, 3.63) is 68.1 Å². The quantitative estimate of drug-likeness (QED) is 0.629. The smallest absolute Gasteiger partial charge is 0.335 e. The summed E-state index contributed by atoms with van der Waals surface area (Å²) >= 11 is 0. The summed E-state index contributed by atoms with van der Waals surface area (Å²) in [4.78, 5) is 44.8. The second-order valence-corrected chi connectivity index (χ2v) is 5.00. The van der Waals surface area contributed by atoms with Crippen molar-refractivity contribution in [1.29, 1.82) is 0 Å². The zero-order valence-electron chi connectivity index (χ0n) is 12.6. The van der Waals surface area contributed by atoms with Crippen molar-refractivity contribution >= 4 is 23.3 Å². The molecule has 0 unspecified atom stereocenters. The molecule has 9 heteroatoms. The summed E-state index contributed by atoms with van der Waals surface area (Å²) in [5.41, 5.74) is -0.161. The predicted molar refractivity (Wildman–Crippen MR) is 84.1 cm³/mol. The lowest BCUT2D eigenvalue weighted by Crippen LogP contribution is -2.27. The molecule has 0 aliphatic heterocycles. The number of pyridine rings is 1. The fraction of sp³-hybridized carbons (Fsp3) is 0.133. The molecule has 0 atom stereocenters. The third-order valence-corrected chi connectivity index (χ3v) is 3.23. The number of carboxylic acid groups (broad SMARTS) is 1. The number of carbonyl (C=O) groups is 2. The number of hydrogen-bond donors (Lipinski definition) is 2. The van der Waals surface area contributed by atoms with E-state index in [0.717, 1.165) is 16.8 Å². The van der Waals surface area contributed by atoms with E-state index in [0.29, 0.717) is 5.69 Å². The van der Waals surface area contributed by atoms with Gasteiger partial charge >= 0.3 is 5.97 Å². The van der Waals surface area contributed by atoms with Crippen LogP contribution in [0.3, 0.4) is 0 Å². The number of nitro groups is 1. The second kappa shape index (κ2) is 6.73. The first-order chi connectivity index (χ1) is 11.3. The van der Waals surface area contributed by atoms with Crippen LogP contribution >= 0.6 is 0 Å². The van der Waals surface area contributed by atoms with E-state index < -0.39 is 28.9 Å². The third-order valence-electron chi connectivity index (χ3n) is 3.23. The molecule has 0 saturated heterocycles. The Hall–Kier alpha value is -3.49. The van der Waals surface area contributed by atoms with Gasteiger partial charge in [-0.3, -0.25) is 24.3 Å². The highest BCUT2D eigenvalue weighted by Gasteiger charge is 2.15. The molecule has 2 N–H and O–H groups in total. The van der Waals surface area contributed by atoms with Crippen LogP contribution in [0.5, 0.6) is 0 Å². The summed E-state index contributed by atoms with van der Waals surface area (Å²) in [5.74, 6) is -1.66. The summed E-state index contributed by atoms with van der Waals surface area (Å²) in [5, 5.41) is 22.2. The summed E-state index contributed by atoms with van der Waals surface area (Å²) in [7, 11) is 0. The van der Waals surface area contributed by atoms with Crippen LogP contribution in [0.1, 0.15) is 15.9 Å². The number of anilines is 1. The normalized spacial score (nSPS) is 10.2. The SMILES string of the molecule is Cc1cc(=O)n(CC(=O)Nc2ccc(C(=O)O)cc2)cc1[N+](=O)[O-]. The Kier molecular flexibility index (Phi) is 4.73. The Balaban J connectivity index is 2.15. The van der Waals surface area contributed by atoms with Crippen LogP contribution in [0.4, 0.5) is 11.4 Å². The maximum atomic E-state index is 12.0. The van der Waals surface area contributed by atoms with Gasteiger partial charge in [0.15, 0.2) is 0 Å². The Morgan fingerprint density at radius 3 is 2.46 bits per heavy atom. The molecule has 2 rings (SSSR count). The fourth-order valence-electron chi connectivity index (χ4n) is 2.02. The van der Waals surface area contributed by atoms with Crippen LogP contribution in [-0.2, 0) is 11.3 Å². The zero-order valence-corrected chi connectivity index (χ0v) is 12.6. The van der Waals surface area contributed by atoms with E-state index in [4.69, 9.17) is 5.11 Å². The van der Waals surface area contributed by atoms with Crippen LogP contribution in [0.25, 0.3) is 0 Å². The minimum atomic E-state index is -1.09. The first kappa shape index (κ1) is 16.9. The molecule has 0 radical (unpaired) electrons. The van der Waals surface area contributed by atoms with Crippen LogP contribution in [0.15, 0.2) is 41.3 Å². The van der Waals surface area contributed by atoms with E-state index in [1.165, 1.54) is 31.2 Å². The maximum Gasteiger partial charge on any atom is 0.335 e. The molecule has 9 nitrogen and oxygen atoms in total. The monoisotopic (exact) mass is 331 g/mol. The molecular weight excluding hydrogens is 318 g/mol. The molecule has 0 aliphatic carbocycles. The molecule has 1 aromatic carbocycles. The number of carboxylic acids is 1. The summed E-state index contributed by atoms with van der Waals surface area (Å²) in [6.07, 6.45) is 1.02. The molecule has 0 saturated carbocycles. The molecule has 0 bridgehead atoms. The average molecular weight is 331 g/mol. The van der Waals surface area contributed by atoms with Gasteiger partial charge in [-0.2, -0.15) is 0 Å². The van der Waals surface area contributed by atoms with Gasteiger partial charge in [0.25, 0.3) is 11.2 Å². The predicted octanol–water partition coefficient (Wildman–Crippen LogP) is 1.40. The molecule has 124 valence electrons. The first-order valence-electron chi connectivity index (χ1n) is 6.76. The van der Waals surface area contributed by atoms with Gasteiger partial charge in [0.05, 0.1) is 16.7 Å². The van der Waals surface area contributed by atoms with Gasteiger partial charge in [0.1, 0.15) is 6.54 Å². The van der Waals surface area contributed by atoms with E-state index >= 15 is 0 Å². The number of aromatic carboxylic acids is 1. The fourth-order valence-corrected chi connectivity index (χ4v) is 2.02. The van der Waals surface area contributed by atoms with Crippen LogP contribution in [0.2, 0.25) is 0 Å². The molecule has 2 aromatic rings. The summed E-state index contributed by atoms with van der Waals surface area (Å²) < 4.78 is 0.937. The molecule has 0 spiro atoms. The number of aryl methyl sites for hydroxylation is 1. The highest BCUT2D eigenvalue weighted by atomic mass is 16.6. The number of hydrogen-bond acceptors (Lipinski definition) is 5. The van der Waals surface area contributed by atoms with Gasteiger partial charge < -0.3 is 10.4 Å². The molecule has 1 heterocycles. The van der Waals surface area contributed by atoms with Crippen molar-refractivity contribution in [2.24, 2.45) is 0 Å². The Bertz CT molecular complexity index is 870. The highest BCUT2D eigenvalue weighted by molar-refractivity contribution is 5.92. The number of carbonyl (C=O) groups excluding carboxylic acids is 1. The molecule has 1 aromatic heterocycles. The minimum absolute atomic E-state index is 0.0679. The number of nitrogens with one attached hydrogen (secondary N) is 1. The summed E-state index contributed by atoms with van der Waals surface area (Å²) in [6, 6.07) is 6.54. The largest absolute Gasteiger partial charge is 0.478 e. The average Bonchev–Trinajstić information content (AvgIpc) is 2.50. The van der Waals surface area contributed by atoms with E-state index in [9.17, 15) is 24.5 Å². The number of amides is 1. The third kappa shape index (κ3) is 3.83. The number of nitrogens with zero attached hydrogens (tertiary/aromatic N) is 2. The topological polar surface area (TPSA) is 132 Å². The van der Waals surface area contributed by atoms with Crippen molar-refractivity contribution in [3.8, 4) is 0 Å². The first-order valence-corrected chi connectivity index (χ1v) is 6.76. The van der Waals surface area contributed by atoms with Gasteiger partial charge in [-0.25, -0.2) is 4.79 Å². The zero-order chi connectivity index (χ0) is 17.9. The molecule has 0 fully saturated rings. The van der Waals surface area contributed by atoms with E-state index in [2.05, 4.69) is 5.32 Å². The number of benzene rings is 1. The molecular formula is C15H13N3O6. The van der Waals surface area contributed by atoms with Crippen LogP contribution in [0, 0.1) is 17.0 Å². The van der Waals surface area contributed by atoms with Gasteiger partial charge in [-0.15, -0.1) is 0 Å². The highest BCUT2D eigenvalue weighted by Crippen LogP contribution is 2.14. The second-order valence-electron chi connectivity index (χ2n) is 5.00. The Labute approximate surface area is 135 Å². The molecule has 24 heavy (non-hydrogen) atoms. The molecule has 1 amide bonds. The lowest BCUT2D eigenvalue weighted by atomic mass is 10.2. The Morgan fingerprint density at radius 2 is 1.92 bits per heavy atom. The van der Waals surface area contributed by atoms with Crippen molar-refractivity contribution < 1.29 is 19.6 Å². The van der Waals surface area contributed by atoms with Gasteiger partial charge in [0.2, 0.25) is 5.91 Å². The Morgan fingerprint density at radius 1 is 1.29 bits per heavy atom. The standard InChI is InChI=1S/C15H13N3O6/c1-9-6-14(20)17(7-12(9)18(23)24)8-13(19)16-11-4-2-10(3-5-11)15(21)22/h2-7H,8H2,1H3,(H,16,19)(H,21,22). The van der Waals surface area contributed by atoms with Gasteiger partial charge in [0, 0.05) is 17.3 Å². The van der Waals surface area contributed by atoms with Crippen molar-refractivity contribution in [3.63, 3.8) is 0 Å². The maximum absolute atomic E-state index is 12.0. The van der Waals surface area contributed by atoms with Crippen LogP contribution < -0.4 is 10.9 Å². The lowest BCUT2D eigenvalue weighted by molar-refractivity contribution is -0.385. The summed E-state index contributed by atoms with van der Waals surface area (Å²) in [6.45, 7) is 1.04. The number of rotatable bonds is 5. The van der Waals surface area contributed by atoms with E-state index in [1.807, 2.05) is 0 Å². The number of aromatic nitrogens is 1.